The Morgan fingerprint density at radius 2 is 2.25 bits per heavy atom. The maximum Gasteiger partial charge on any atom is 0.166 e. The number of Topliss-reactive ketones (excluding diaryl/α,β-unsaturated/α-hetero) is 1. The monoisotopic (exact) mass is 217 g/mol. The molecule has 1 heterocycles. The highest BCUT2D eigenvalue weighted by molar-refractivity contribution is 6.03. The summed E-state index contributed by atoms with van der Waals surface area (Å²) >= 11 is 0. The van der Waals surface area contributed by atoms with Gasteiger partial charge in [-0.05, 0) is 18.7 Å². The smallest absolute Gasteiger partial charge is 0.166 e. The lowest BCUT2D eigenvalue weighted by Gasteiger charge is -2.17. The number of benzene rings is 1. The number of carbonyl (C=O) groups excluding carboxylic acids is 1. The number of nitrogens with zero attached hydrogens (tertiary/aromatic N) is 2. The molecular formula is C12H15N3O. The number of rotatable bonds is 4. The Morgan fingerprint density at radius 1 is 1.44 bits per heavy atom. The molecule has 84 valence electrons. The van der Waals surface area contributed by atoms with E-state index in [4.69, 9.17) is 5.73 Å². The van der Waals surface area contributed by atoms with Crippen molar-refractivity contribution in [3.63, 3.8) is 0 Å². The zero-order valence-electron chi connectivity index (χ0n) is 9.10. The summed E-state index contributed by atoms with van der Waals surface area (Å²) in [5, 5.41) is 0. The predicted molar refractivity (Wildman–Crippen MR) is 65.1 cm³/mol. The summed E-state index contributed by atoms with van der Waals surface area (Å²) < 4.78 is 0. The minimum absolute atomic E-state index is 0.0957. The van der Waals surface area contributed by atoms with Crippen molar-refractivity contribution in [3.8, 4) is 0 Å². The Balaban J connectivity index is 2.29. The number of aliphatic imine (C=N–C) groups is 1. The third kappa shape index (κ3) is 2.12. The summed E-state index contributed by atoms with van der Waals surface area (Å²) in [5.41, 5.74) is 7.08. The summed E-state index contributed by atoms with van der Waals surface area (Å²) in [6.45, 7) is 2.02. The first-order valence-electron chi connectivity index (χ1n) is 5.42. The van der Waals surface area contributed by atoms with Gasteiger partial charge in [0.2, 0.25) is 0 Å². The first-order chi connectivity index (χ1) is 7.83. The fourth-order valence-electron chi connectivity index (χ4n) is 1.79. The molecule has 0 amide bonds. The Bertz CT molecular complexity index is 414. The van der Waals surface area contributed by atoms with E-state index in [-0.39, 0.29) is 5.78 Å². The molecular weight excluding hydrogens is 202 g/mol. The topological polar surface area (TPSA) is 58.7 Å². The van der Waals surface area contributed by atoms with Crippen molar-refractivity contribution in [2.24, 2.45) is 10.7 Å². The second kappa shape index (κ2) is 4.90. The zero-order valence-corrected chi connectivity index (χ0v) is 9.10. The highest BCUT2D eigenvalue weighted by Crippen LogP contribution is 2.21. The molecule has 1 aromatic carbocycles. The first kappa shape index (κ1) is 10.8. The number of nitrogens with two attached hydrogens (primary N) is 1. The highest BCUT2D eigenvalue weighted by Gasteiger charge is 2.16. The van der Waals surface area contributed by atoms with Gasteiger partial charge in [0.1, 0.15) is 0 Å². The van der Waals surface area contributed by atoms with E-state index in [2.05, 4.69) is 4.99 Å². The maximum atomic E-state index is 11.9. The Kier molecular flexibility index (Phi) is 3.31. The quantitative estimate of drug-likeness (QED) is 0.767. The normalized spacial score (nSPS) is 14.4. The van der Waals surface area contributed by atoms with Gasteiger partial charge in [0, 0.05) is 18.5 Å². The van der Waals surface area contributed by atoms with Gasteiger partial charge in [-0.2, -0.15) is 0 Å². The lowest BCUT2D eigenvalue weighted by Crippen LogP contribution is -2.21. The lowest BCUT2D eigenvalue weighted by atomic mass is 10.1. The van der Waals surface area contributed by atoms with Crippen molar-refractivity contribution in [1.82, 2.24) is 0 Å². The van der Waals surface area contributed by atoms with E-state index in [1.54, 1.807) is 6.34 Å². The van der Waals surface area contributed by atoms with Crippen LogP contribution >= 0.6 is 0 Å². The van der Waals surface area contributed by atoms with Crippen LogP contribution in [0.4, 0.5) is 5.69 Å². The van der Waals surface area contributed by atoms with Crippen LogP contribution in [0.3, 0.4) is 0 Å². The number of para-hydroxylation sites is 1. The van der Waals surface area contributed by atoms with Crippen LogP contribution < -0.4 is 10.6 Å². The van der Waals surface area contributed by atoms with Crippen molar-refractivity contribution in [1.29, 1.82) is 0 Å². The van der Waals surface area contributed by atoms with Crippen LogP contribution in [0.15, 0.2) is 29.3 Å². The van der Waals surface area contributed by atoms with Gasteiger partial charge in [0.05, 0.1) is 18.6 Å². The van der Waals surface area contributed by atoms with Crippen molar-refractivity contribution >= 4 is 17.8 Å². The molecule has 0 aromatic heterocycles. The summed E-state index contributed by atoms with van der Waals surface area (Å²) in [7, 11) is 0. The third-order valence-corrected chi connectivity index (χ3v) is 2.58. The van der Waals surface area contributed by atoms with Gasteiger partial charge in [0.25, 0.3) is 0 Å². The molecule has 0 aliphatic carbocycles. The maximum absolute atomic E-state index is 11.9. The van der Waals surface area contributed by atoms with Crippen molar-refractivity contribution in [2.75, 3.05) is 24.5 Å². The van der Waals surface area contributed by atoms with E-state index in [1.807, 2.05) is 29.2 Å². The Labute approximate surface area is 94.8 Å². The molecule has 2 N–H and O–H groups in total. The minimum atomic E-state index is 0.0957. The van der Waals surface area contributed by atoms with Crippen LogP contribution in [-0.2, 0) is 0 Å². The molecule has 0 fully saturated rings. The first-order valence-corrected chi connectivity index (χ1v) is 5.42. The predicted octanol–water partition coefficient (Wildman–Crippen LogP) is 1.07. The van der Waals surface area contributed by atoms with Crippen LogP contribution in [0.1, 0.15) is 16.8 Å². The second-order valence-electron chi connectivity index (χ2n) is 3.69. The molecule has 1 aliphatic heterocycles. The van der Waals surface area contributed by atoms with E-state index < -0.39 is 0 Å². The van der Waals surface area contributed by atoms with Crippen molar-refractivity contribution in [3.05, 3.63) is 29.8 Å². The summed E-state index contributed by atoms with van der Waals surface area (Å²) in [6, 6.07) is 7.60. The molecule has 0 saturated carbocycles. The summed E-state index contributed by atoms with van der Waals surface area (Å²) in [4.78, 5) is 18.0. The molecule has 0 saturated heterocycles. The standard InChI is InChI=1S/C12H15N3O/c13-6-5-12(16)10-3-1-2-4-11(10)15-8-7-14-9-15/h1-4,9H,5-8,13H2. The van der Waals surface area contributed by atoms with Crippen LogP contribution in [0.5, 0.6) is 0 Å². The van der Waals surface area contributed by atoms with Gasteiger partial charge in [-0.25, -0.2) is 0 Å². The van der Waals surface area contributed by atoms with E-state index >= 15 is 0 Å². The van der Waals surface area contributed by atoms with Crippen LogP contribution in [0, 0.1) is 0 Å². The van der Waals surface area contributed by atoms with E-state index in [0.717, 1.165) is 24.3 Å². The average molecular weight is 217 g/mol. The number of hydrogen-bond acceptors (Lipinski definition) is 4. The molecule has 1 aliphatic rings. The van der Waals surface area contributed by atoms with Crippen molar-refractivity contribution in [2.45, 2.75) is 6.42 Å². The lowest BCUT2D eigenvalue weighted by molar-refractivity contribution is 0.0986. The minimum Gasteiger partial charge on any atom is -0.330 e. The fourth-order valence-corrected chi connectivity index (χ4v) is 1.79. The van der Waals surface area contributed by atoms with Crippen molar-refractivity contribution < 1.29 is 4.79 Å². The molecule has 0 bridgehead atoms. The fraction of sp³-hybridized carbons (Fsp3) is 0.333. The molecule has 0 atom stereocenters. The molecule has 4 nitrogen and oxygen atoms in total. The van der Waals surface area contributed by atoms with Crippen LogP contribution in [-0.4, -0.2) is 31.8 Å². The molecule has 0 spiro atoms. The second-order valence-corrected chi connectivity index (χ2v) is 3.69. The molecule has 1 aromatic rings. The number of hydrogen-bond donors (Lipinski definition) is 1. The van der Waals surface area contributed by atoms with Gasteiger partial charge >= 0.3 is 0 Å². The molecule has 16 heavy (non-hydrogen) atoms. The van der Waals surface area contributed by atoms with Gasteiger partial charge in [-0.1, -0.05) is 12.1 Å². The zero-order chi connectivity index (χ0) is 11.4. The molecule has 0 unspecified atom stereocenters. The number of carbonyl (C=O) groups is 1. The number of ketones is 1. The van der Waals surface area contributed by atoms with E-state index in [1.165, 1.54) is 0 Å². The van der Waals surface area contributed by atoms with Gasteiger partial charge in [-0.3, -0.25) is 9.79 Å². The van der Waals surface area contributed by atoms with Crippen LogP contribution in [0.25, 0.3) is 0 Å². The third-order valence-electron chi connectivity index (χ3n) is 2.58. The summed E-state index contributed by atoms with van der Waals surface area (Å²) in [5.74, 6) is 0.0957. The molecule has 2 rings (SSSR count). The van der Waals surface area contributed by atoms with Gasteiger partial charge in [-0.15, -0.1) is 0 Å². The van der Waals surface area contributed by atoms with Gasteiger partial charge < -0.3 is 10.6 Å². The molecule has 4 heteroatoms. The van der Waals surface area contributed by atoms with E-state index in [9.17, 15) is 4.79 Å². The SMILES string of the molecule is NCCC(=O)c1ccccc1N1C=NCC1. The summed E-state index contributed by atoms with van der Waals surface area (Å²) in [6.07, 6.45) is 2.18. The number of anilines is 1. The highest BCUT2D eigenvalue weighted by atomic mass is 16.1. The molecule has 0 radical (unpaired) electrons. The Hall–Kier alpha value is -1.68. The largest absolute Gasteiger partial charge is 0.330 e. The van der Waals surface area contributed by atoms with Gasteiger partial charge in [0.15, 0.2) is 5.78 Å². The van der Waals surface area contributed by atoms with Crippen LogP contribution in [0.2, 0.25) is 0 Å². The Morgan fingerprint density at radius 3 is 2.94 bits per heavy atom. The average Bonchev–Trinajstić information content (AvgIpc) is 2.83. The van der Waals surface area contributed by atoms with E-state index in [0.29, 0.717) is 13.0 Å².